The highest BCUT2D eigenvalue weighted by Gasteiger charge is 2.55. The van der Waals surface area contributed by atoms with Crippen molar-refractivity contribution in [2.45, 2.75) is 18.9 Å². The highest BCUT2D eigenvalue weighted by atomic mass is 16.5. The molecule has 2 N–H and O–H groups in total. The number of hydrogen-bond donors (Lipinski definition) is 1. The maximum atomic E-state index is 10.8. The number of rotatable bonds is 1. The van der Waals surface area contributed by atoms with Crippen LogP contribution in [0.3, 0.4) is 0 Å². The first-order valence-electron chi connectivity index (χ1n) is 2.98. The van der Waals surface area contributed by atoms with Gasteiger partial charge in [0.15, 0.2) is 0 Å². The zero-order chi connectivity index (χ0) is 7.07. The second kappa shape index (κ2) is 1.70. The van der Waals surface area contributed by atoms with E-state index in [1.807, 2.05) is 6.92 Å². The van der Waals surface area contributed by atoms with E-state index in [2.05, 4.69) is 4.74 Å². The highest BCUT2D eigenvalue weighted by Crippen LogP contribution is 2.40. The van der Waals surface area contributed by atoms with Crippen molar-refractivity contribution in [1.29, 1.82) is 0 Å². The van der Waals surface area contributed by atoms with Crippen molar-refractivity contribution in [1.82, 2.24) is 0 Å². The Morgan fingerprint density at radius 1 is 1.89 bits per heavy atom. The van der Waals surface area contributed by atoms with Crippen molar-refractivity contribution in [2.75, 3.05) is 7.11 Å². The van der Waals surface area contributed by atoms with Crippen LogP contribution < -0.4 is 5.73 Å². The van der Waals surface area contributed by atoms with Gasteiger partial charge in [-0.05, 0) is 12.3 Å². The lowest BCUT2D eigenvalue weighted by atomic mass is 10.2. The van der Waals surface area contributed by atoms with Crippen LogP contribution in [-0.2, 0) is 9.53 Å². The Morgan fingerprint density at radius 2 is 2.33 bits per heavy atom. The summed E-state index contributed by atoms with van der Waals surface area (Å²) in [6.45, 7) is 1.94. The Labute approximate surface area is 54.2 Å². The summed E-state index contributed by atoms with van der Waals surface area (Å²) in [5.41, 5.74) is 4.93. The SMILES string of the molecule is COC(=O)[C@]1(N)C[C@H]1C. The van der Waals surface area contributed by atoms with E-state index in [9.17, 15) is 4.79 Å². The molecule has 3 heteroatoms. The van der Waals surface area contributed by atoms with Gasteiger partial charge < -0.3 is 10.5 Å². The number of methoxy groups -OCH3 is 1. The van der Waals surface area contributed by atoms with E-state index in [1.54, 1.807) is 0 Å². The Balaban J connectivity index is 2.53. The lowest BCUT2D eigenvalue weighted by Gasteiger charge is -2.04. The van der Waals surface area contributed by atoms with Gasteiger partial charge in [-0.25, -0.2) is 0 Å². The maximum absolute atomic E-state index is 10.8. The van der Waals surface area contributed by atoms with Crippen molar-refractivity contribution in [2.24, 2.45) is 11.7 Å². The normalized spacial score (nSPS) is 40.1. The number of carbonyl (C=O) groups excluding carboxylic acids is 1. The lowest BCUT2D eigenvalue weighted by Crippen LogP contribution is -2.35. The summed E-state index contributed by atoms with van der Waals surface area (Å²) in [6, 6.07) is 0. The minimum atomic E-state index is -0.644. The van der Waals surface area contributed by atoms with E-state index < -0.39 is 5.54 Å². The molecule has 9 heavy (non-hydrogen) atoms. The fourth-order valence-electron chi connectivity index (χ4n) is 0.922. The molecule has 1 rings (SSSR count). The summed E-state index contributed by atoms with van der Waals surface area (Å²) < 4.78 is 4.48. The van der Waals surface area contributed by atoms with Crippen LogP contribution in [0.1, 0.15) is 13.3 Å². The lowest BCUT2D eigenvalue weighted by molar-refractivity contribution is -0.143. The van der Waals surface area contributed by atoms with Gasteiger partial charge in [-0.1, -0.05) is 6.92 Å². The van der Waals surface area contributed by atoms with Crippen LogP contribution in [-0.4, -0.2) is 18.6 Å². The predicted octanol–water partition coefficient (Wildman–Crippen LogP) is -0.103. The van der Waals surface area contributed by atoms with E-state index in [4.69, 9.17) is 5.73 Å². The third kappa shape index (κ3) is 0.812. The summed E-state index contributed by atoms with van der Waals surface area (Å²) in [7, 11) is 1.36. The third-order valence-corrected chi connectivity index (χ3v) is 1.93. The standard InChI is InChI=1S/C6H11NO2/c1-4-3-6(4,7)5(8)9-2/h4H,3,7H2,1-2H3/t4-,6+/m1/s1. The van der Waals surface area contributed by atoms with E-state index in [0.29, 0.717) is 5.92 Å². The van der Waals surface area contributed by atoms with Crippen LogP contribution in [0.4, 0.5) is 0 Å². The van der Waals surface area contributed by atoms with Crippen LogP contribution in [0.25, 0.3) is 0 Å². The van der Waals surface area contributed by atoms with E-state index >= 15 is 0 Å². The number of carbonyl (C=O) groups is 1. The Morgan fingerprint density at radius 3 is 2.44 bits per heavy atom. The largest absolute Gasteiger partial charge is 0.468 e. The van der Waals surface area contributed by atoms with Gasteiger partial charge in [0.25, 0.3) is 0 Å². The average molecular weight is 129 g/mol. The predicted molar refractivity (Wildman–Crippen MR) is 32.7 cm³/mol. The summed E-state index contributed by atoms with van der Waals surface area (Å²) in [5.74, 6) is 0.0138. The van der Waals surface area contributed by atoms with Crippen molar-refractivity contribution in [3.8, 4) is 0 Å². The molecule has 0 aromatic rings. The molecule has 0 aromatic carbocycles. The van der Waals surface area contributed by atoms with Gasteiger partial charge in [0.05, 0.1) is 7.11 Å². The van der Waals surface area contributed by atoms with Crippen LogP contribution in [0, 0.1) is 5.92 Å². The summed E-state index contributed by atoms with van der Waals surface area (Å²) in [5, 5.41) is 0. The zero-order valence-corrected chi connectivity index (χ0v) is 5.68. The number of ether oxygens (including phenoxy) is 1. The topological polar surface area (TPSA) is 52.3 Å². The molecule has 0 aromatic heterocycles. The van der Waals surface area contributed by atoms with Gasteiger partial charge in [0.1, 0.15) is 5.54 Å². The summed E-state index contributed by atoms with van der Waals surface area (Å²) >= 11 is 0. The second-order valence-corrected chi connectivity index (χ2v) is 2.64. The first kappa shape index (κ1) is 6.55. The minimum absolute atomic E-state index is 0.282. The van der Waals surface area contributed by atoms with E-state index in [0.717, 1.165) is 6.42 Å². The van der Waals surface area contributed by atoms with Gasteiger partial charge in [-0.2, -0.15) is 0 Å². The highest BCUT2D eigenvalue weighted by molar-refractivity contribution is 5.84. The fourth-order valence-corrected chi connectivity index (χ4v) is 0.922. The first-order chi connectivity index (χ1) is 4.11. The molecular formula is C6H11NO2. The molecule has 0 spiro atoms. The molecule has 3 nitrogen and oxygen atoms in total. The Bertz CT molecular complexity index is 146. The molecular weight excluding hydrogens is 118 g/mol. The van der Waals surface area contributed by atoms with Crippen molar-refractivity contribution in [3.05, 3.63) is 0 Å². The van der Waals surface area contributed by atoms with Gasteiger partial charge in [0, 0.05) is 0 Å². The molecule has 2 atom stereocenters. The number of hydrogen-bond acceptors (Lipinski definition) is 3. The van der Waals surface area contributed by atoms with Crippen LogP contribution >= 0.6 is 0 Å². The maximum Gasteiger partial charge on any atom is 0.326 e. The summed E-state index contributed by atoms with van der Waals surface area (Å²) in [6.07, 6.45) is 0.764. The fraction of sp³-hybridized carbons (Fsp3) is 0.833. The molecule has 0 heterocycles. The van der Waals surface area contributed by atoms with E-state index in [1.165, 1.54) is 7.11 Å². The third-order valence-electron chi connectivity index (χ3n) is 1.93. The van der Waals surface area contributed by atoms with Crippen molar-refractivity contribution >= 4 is 5.97 Å². The number of esters is 1. The molecule has 0 bridgehead atoms. The molecule has 0 amide bonds. The molecule has 0 saturated heterocycles. The van der Waals surface area contributed by atoms with Gasteiger partial charge in [-0.15, -0.1) is 0 Å². The molecule has 1 aliphatic carbocycles. The molecule has 52 valence electrons. The summed E-state index contributed by atoms with van der Waals surface area (Å²) in [4.78, 5) is 10.8. The van der Waals surface area contributed by atoms with Gasteiger partial charge in [0.2, 0.25) is 0 Å². The Kier molecular flexibility index (Phi) is 1.24. The second-order valence-electron chi connectivity index (χ2n) is 2.64. The van der Waals surface area contributed by atoms with Crippen LogP contribution in [0.2, 0.25) is 0 Å². The number of nitrogens with two attached hydrogens (primary N) is 1. The molecule has 1 fully saturated rings. The first-order valence-corrected chi connectivity index (χ1v) is 2.98. The van der Waals surface area contributed by atoms with Gasteiger partial charge in [-0.3, -0.25) is 4.79 Å². The minimum Gasteiger partial charge on any atom is -0.468 e. The van der Waals surface area contributed by atoms with E-state index in [-0.39, 0.29) is 5.97 Å². The monoisotopic (exact) mass is 129 g/mol. The van der Waals surface area contributed by atoms with Gasteiger partial charge >= 0.3 is 5.97 Å². The zero-order valence-electron chi connectivity index (χ0n) is 5.68. The molecule has 1 saturated carbocycles. The van der Waals surface area contributed by atoms with Crippen molar-refractivity contribution < 1.29 is 9.53 Å². The quantitative estimate of drug-likeness (QED) is 0.503. The average Bonchev–Trinajstić information content (AvgIpc) is 2.41. The molecule has 0 aliphatic heterocycles. The smallest absolute Gasteiger partial charge is 0.326 e. The van der Waals surface area contributed by atoms with Crippen LogP contribution in [0.5, 0.6) is 0 Å². The molecule has 1 aliphatic rings. The van der Waals surface area contributed by atoms with Crippen LogP contribution in [0.15, 0.2) is 0 Å². The van der Waals surface area contributed by atoms with Crippen molar-refractivity contribution in [3.63, 3.8) is 0 Å². The molecule has 0 unspecified atom stereocenters. The Hall–Kier alpha value is -0.570. The molecule has 0 radical (unpaired) electrons.